The molecular formula is C11H20. The molecule has 0 aliphatic heterocycles. The van der Waals surface area contributed by atoms with Gasteiger partial charge in [0.2, 0.25) is 0 Å². The molecule has 0 aromatic heterocycles. The van der Waals surface area contributed by atoms with Gasteiger partial charge in [0.05, 0.1) is 0 Å². The average molecular weight is 152 g/mol. The second kappa shape index (κ2) is 2.24. The van der Waals surface area contributed by atoms with Crippen molar-refractivity contribution in [2.75, 3.05) is 0 Å². The monoisotopic (exact) mass is 152 g/mol. The second-order valence-corrected chi connectivity index (χ2v) is 5.31. The highest BCUT2D eigenvalue weighted by molar-refractivity contribution is 4.99. The Morgan fingerprint density at radius 3 is 2.09 bits per heavy atom. The molecule has 11 heavy (non-hydrogen) atoms. The van der Waals surface area contributed by atoms with Gasteiger partial charge in [-0.15, -0.1) is 0 Å². The molecule has 0 heteroatoms. The van der Waals surface area contributed by atoms with E-state index >= 15 is 0 Å². The fourth-order valence-corrected chi connectivity index (χ4v) is 3.10. The summed E-state index contributed by atoms with van der Waals surface area (Å²) in [6.45, 7) is 7.37. The van der Waals surface area contributed by atoms with Crippen molar-refractivity contribution in [2.45, 2.75) is 46.5 Å². The maximum atomic E-state index is 2.49. The van der Waals surface area contributed by atoms with Crippen LogP contribution in [-0.4, -0.2) is 0 Å². The summed E-state index contributed by atoms with van der Waals surface area (Å²) in [6.07, 6.45) is 6.02. The van der Waals surface area contributed by atoms with Crippen LogP contribution in [0.1, 0.15) is 46.5 Å². The highest BCUT2D eigenvalue weighted by Crippen LogP contribution is 2.59. The van der Waals surface area contributed by atoms with Gasteiger partial charge in [0.1, 0.15) is 0 Å². The third-order valence-corrected chi connectivity index (χ3v) is 4.05. The van der Waals surface area contributed by atoms with Crippen LogP contribution in [0.2, 0.25) is 0 Å². The molecule has 3 atom stereocenters. The van der Waals surface area contributed by atoms with Gasteiger partial charge in [0.25, 0.3) is 0 Å². The third-order valence-electron chi connectivity index (χ3n) is 4.05. The standard InChI is InChI=1S/C11H20/c1-8-6-9(2)10(7-8)11(3)4-5-11/h8-10H,4-7H2,1-3H3. The summed E-state index contributed by atoms with van der Waals surface area (Å²) < 4.78 is 0. The van der Waals surface area contributed by atoms with Crippen LogP contribution in [0.5, 0.6) is 0 Å². The molecular weight excluding hydrogens is 132 g/mol. The summed E-state index contributed by atoms with van der Waals surface area (Å²) in [5.74, 6) is 3.09. The highest BCUT2D eigenvalue weighted by atomic mass is 14.5. The van der Waals surface area contributed by atoms with E-state index in [-0.39, 0.29) is 0 Å². The van der Waals surface area contributed by atoms with Crippen LogP contribution in [0.25, 0.3) is 0 Å². The van der Waals surface area contributed by atoms with Crippen molar-refractivity contribution in [1.82, 2.24) is 0 Å². The molecule has 2 aliphatic carbocycles. The number of rotatable bonds is 1. The summed E-state index contributed by atoms with van der Waals surface area (Å²) in [4.78, 5) is 0. The lowest BCUT2D eigenvalue weighted by Crippen LogP contribution is -2.14. The van der Waals surface area contributed by atoms with E-state index in [1.165, 1.54) is 25.7 Å². The van der Waals surface area contributed by atoms with E-state index in [0.29, 0.717) is 0 Å². The summed E-state index contributed by atoms with van der Waals surface area (Å²) >= 11 is 0. The summed E-state index contributed by atoms with van der Waals surface area (Å²) in [5, 5.41) is 0. The predicted molar refractivity (Wildman–Crippen MR) is 48.4 cm³/mol. The topological polar surface area (TPSA) is 0 Å². The first-order chi connectivity index (χ1) is 5.12. The van der Waals surface area contributed by atoms with Crippen molar-refractivity contribution < 1.29 is 0 Å². The van der Waals surface area contributed by atoms with E-state index in [4.69, 9.17) is 0 Å². The summed E-state index contributed by atoms with van der Waals surface area (Å²) in [7, 11) is 0. The molecule has 0 radical (unpaired) electrons. The smallest absolute Gasteiger partial charge is 0.0294 e. The molecule has 64 valence electrons. The minimum Gasteiger partial charge on any atom is -0.0625 e. The predicted octanol–water partition coefficient (Wildman–Crippen LogP) is 3.47. The van der Waals surface area contributed by atoms with Crippen molar-refractivity contribution in [2.24, 2.45) is 23.2 Å². The van der Waals surface area contributed by atoms with E-state index in [1.54, 1.807) is 0 Å². The quantitative estimate of drug-likeness (QED) is 0.539. The van der Waals surface area contributed by atoms with Gasteiger partial charge < -0.3 is 0 Å². The normalized spacial score (nSPS) is 47.7. The fourth-order valence-electron chi connectivity index (χ4n) is 3.10. The van der Waals surface area contributed by atoms with Gasteiger partial charge in [-0.1, -0.05) is 20.8 Å². The van der Waals surface area contributed by atoms with Crippen LogP contribution in [0.3, 0.4) is 0 Å². The molecule has 2 fully saturated rings. The Labute approximate surface area is 70.4 Å². The molecule has 0 amide bonds. The first-order valence-electron chi connectivity index (χ1n) is 5.12. The van der Waals surface area contributed by atoms with Crippen LogP contribution in [-0.2, 0) is 0 Å². The largest absolute Gasteiger partial charge is 0.0625 e. The van der Waals surface area contributed by atoms with Crippen molar-refractivity contribution in [3.05, 3.63) is 0 Å². The number of hydrogen-bond acceptors (Lipinski definition) is 0. The van der Waals surface area contributed by atoms with Gasteiger partial charge >= 0.3 is 0 Å². The Morgan fingerprint density at radius 1 is 1.09 bits per heavy atom. The number of hydrogen-bond donors (Lipinski definition) is 0. The molecule has 0 aromatic rings. The van der Waals surface area contributed by atoms with E-state index in [0.717, 1.165) is 23.2 Å². The van der Waals surface area contributed by atoms with E-state index in [9.17, 15) is 0 Å². The highest BCUT2D eigenvalue weighted by Gasteiger charge is 2.49. The minimum atomic E-state index is 0.782. The van der Waals surface area contributed by atoms with E-state index in [2.05, 4.69) is 20.8 Å². The SMILES string of the molecule is CC1CC(C)C(C2(C)CC2)C1. The van der Waals surface area contributed by atoms with Crippen molar-refractivity contribution in [3.8, 4) is 0 Å². The Hall–Kier alpha value is 0. The maximum absolute atomic E-state index is 2.49. The van der Waals surface area contributed by atoms with Gasteiger partial charge in [0, 0.05) is 0 Å². The van der Waals surface area contributed by atoms with Crippen LogP contribution in [0.4, 0.5) is 0 Å². The van der Waals surface area contributed by atoms with Crippen molar-refractivity contribution in [1.29, 1.82) is 0 Å². The Morgan fingerprint density at radius 2 is 1.73 bits per heavy atom. The fraction of sp³-hybridized carbons (Fsp3) is 1.00. The molecule has 0 aromatic carbocycles. The average Bonchev–Trinajstić information content (AvgIpc) is 2.55. The molecule has 0 bridgehead atoms. The molecule has 0 nitrogen and oxygen atoms in total. The lowest BCUT2D eigenvalue weighted by atomic mass is 9.83. The molecule has 0 saturated heterocycles. The molecule has 2 rings (SSSR count). The molecule has 0 spiro atoms. The maximum Gasteiger partial charge on any atom is -0.0294 e. The molecule has 2 saturated carbocycles. The zero-order valence-electron chi connectivity index (χ0n) is 8.06. The Balaban J connectivity index is 2.04. The van der Waals surface area contributed by atoms with Crippen LogP contribution < -0.4 is 0 Å². The lowest BCUT2D eigenvalue weighted by molar-refractivity contribution is 0.271. The summed E-state index contributed by atoms with van der Waals surface area (Å²) in [6, 6.07) is 0. The van der Waals surface area contributed by atoms with Gasteiger partial charge in [0.15, 0.2) is 0 Å². The summed E-state index contributed by atoms with van der Waals surface area (Å²) in [5.41, 5.74) is 0.782. The van der Waals surface area contributed by atoms with Gasteiger partial charge in [-0.05, 0) is 48.9 Å². The zero-order chi connectivity index (χ0) is 8.06. The van der Waals surface area contributed by atoms with Crippen LogP contribution >= 0.6 is 0 Å². The van der Waals surface area contributed by atoms with E-state index < -0.39 is 0 Å². The van der Waals surface area contributed by atoms with Crippen molar-refractivity contribution >= 4 is 0 Å². The minimum absolute atomic E-state index is 0.782. The molecule has 0 heterocycles. The van der Waals surface area contributed by atoms with Gasteiger partial charge in [-0.2, -0.15) is 0 Å². The molecule has 3 unspecified atom stereocenters. The molecule has 2 aliphatic rings. The lowest BCUT2D eigenvalue weighted by Gasteiger charge is -2.22. The second-order valence-electron chi connectivity index (χ2n) is 5.31. The third kappa shape index (κ3) is 1.21. The zero-order valence-corrected chi connectivity index (χ0v) is 8.06. The van der Waals surface area contributed by atoms with Gasteiger partial charge in [-0.25, -0.2) is 0 Å². The van der Waals surface area contributed by atoms with Gasteiger partial charge in [-0.3, -0.25) is 0 Å². The Bertz CT molecular complexity index is 155. The molecule has 0 N–H and O–H groups in total. The van der Waals surface area contributed by atoms with Crippen LogP contribution in [0.15, 0.2) is 0 Å². The van der Waals surface area contributed by atoms with E-state index in [1.807, 2.05) is 0 Å². The first kappa shape index (κ1) is 7.64. The van der Waals surface area contributed by atoms with Crippen molar-refractivity contribution in [3.63, 3.8) is 0 Å². The Kier molecular flexibility index (Phi) is 1.56. The van der Waals surface area contributed by atoms with Crippen LogP contribution in [0, 0.1) is 23.2 Å². The first-order valence-corrected chi connectivity index (χ1v) is 5.12.